The molecule has 4 nitrogen and oxygen atoms in total. The summed E-state index contributed by atoms with van der Waals surface area (Å²) in [4.78, 5) is 10.5. The Kier molecular flexibility index (Phi) is 2.52. The number of amides is 1. The Morgan fingerprint density at radius 3 is 2.36 bits per heavy atom. The van der Waals surface area contributed by atoms with Crippen molar-refractivity contribution >= 4 is 5.91 Å². The molecule has 0 atom stereocenters. The van der Waals surface area contributed by atoms with Crippen LogP contribution in [0.25, 0.3) is 0 Å². The average Bonchev–Trinajstić information content (AvgIpc) is 2.46. The van der Waals surface area contributed by atoms with Gasteiger partial charge in [0.2, 0.25) is 5.76 Å². The Labute approximate surface area is 76.7 Å². The minimum Gasteiger partial charge on any atom is -0.446 e. The molecular formula is C7H7F3N2O2. The first-order valence-corrected chi connectivity index (χ1v) is 3.56. The highest BCUT2D eigenvalue weighted by atomic mass is 19.4. The van der Waals surface area contributed by atoms with Crippen LogP contribution in [0.4, 0.5) is 13.2 Å². The van der Waals surface area contributed by atoms with Gasteiger partial charge in [-0.15, -0.1) is 0 Å². The lowest BCUT2D eigenvalue weighted by Gasteiger charge is -2.03. The van der Waals surface area contributed by atoms with Crippen LogP contribution in [-0.2, 0) is 12.7 Å². The summed E-state index contributed by atoms with van der Waals surface area (Å²) in [5.41, 5.74) is 9.52. The van der Waals surface area contributed by atoms with Gasteiger partial charge in [-0.3, -0.25) is 4.79 Å². The van der Waals surface area contributed by atoms with Gasteiger partial charge in [0.25, 0.3) is 5.91 Å². The van der Waals surface area contributed by atoms with Crippen molar-refractivity contribution in [3.63, 3.8) is 0 Å². The molecule has 0 aliphatic rings. The third-order valence-corrected chi connectivity index (χ3v) is 1.53. The summed E-state index contributed by atoms with van der Waals surface area (Å²) in [6.07, 6.45) is -4.66. The summed E-state index contributed by atoms with van der Waals surface area (Å²) in [5, 5.41) is 0. The number of halogens is 3. The number of hydrogen-bond acceptors (Lipinski definition) is 3. The topological polar surface area (TPSA) is 82.2 Å². The molecule has 0 bridgehead atoms. The Balaban J connectivity index is 3.22. The first kappa shape index (κ1) is 10.6. The number of rotatable bonds is 2. The number of carbonyl (C=O) groups is 1. The van der Waals surface area contributed by atoms with Crippen molar-refractivity contribution in [2.75, 3.05) is 0 Å². The van der Waals surface area contributed by atoms with Crippen molar-refractivity contribution in [2.45, 2.75) is 12.7 Å². The molecule has 1 aromatic heterocycles. The molecule has 0 aromatic carbocycles. The van der Waals surface area contributed by atoms with Gasteiger partial charge >= 0.3 is 6.18 Å². The van der Waals surface area contributed by atoms with E-state index in [-0.39, 0.29) is 12.1 Å². The second-order valence-electron chi connectivity index (χ2n) is 2.53. The number of carbonyl (C=O) groups excluding carboxylic acids is 1. The van der Waals surface area contributed by atoms with Gasteiger partial charge in [-0.1, -0.05) is 0 Å². The molecule has 1 heterocycles. The van der Waals surface area contributed by atoms with Gasteiger partial charge in [0.15, 0.2) is 5.76 Å². The van der Waals surface area contributed by atoms with Gasteiger partial charge < -0.3 is 15.9 Å². The summed E-state index contributed by atoms with van der Waals surface area (Å²) in [6.45, 7) is -0.369. The van der Waals surface area contributed by atoms with Crippen molar-refractivity contribution < 1.29 is 22.4 Å². The normalized spacial score (nSPS) is 11.7. The van der Waals surface area contributed by atoms with Crippen LogP contribution in [0.3, 0.4) is 0 Å². The van der Waals surface area contributed by atoms with E-state index in [1.165, 1.54) is 0 Å². The largest absolute Gasteiger partial charge is 0.449 e. The van der Waals surface area contributed by atoms with E-state index in [2.05, 4.69) is 4.42 Å². The zero-order valence-corrected chi connectivity index (χ0v) is 6.89. The predicted molar refractivity (Wildman–Crippen MR) is 40.1 cm³/mol. The van der Waals surface area contributed by atoms with Crippen LogP contribution in [-0.4, -0.2) is 5.91 Å². The Bertz CT molecular complexity index is 356. The standard InChI is InChI=1S/C7H7F3N2O2/c8-7(9,10)5-3(2-11)1-4(14-5)6(12)13/h1H,2,11H2,(H2,12,13). The molecule has 1 aromatic rings. The lowest BCUT2D eigenvalue weighted by Crippen LogP contribution is -2.10. The molecule has 0 aliphatic carbocycles. The van der Waals surface area contributed by atoms with Crippen molar-refractivity contribution in [3.8, 4) is 0 Å². The quantitative estimate of drug-likeness (QED) is 0.755. The Morgan fingerprint density at radius 2 is 2.07 bits per heavy atom. The summed E-state index contributed by atoms with van der Waals surface area (Å²) >= 11 is 0. The minimum absolute atomic E-state index is 0.286. The first-order valence-electron chi connectivity index (χ1n) is 3.56. The Morgan fingerprint density at radius 1 is 1.50 bits per heavy atom. The third-order valence-electron chi connectivity index (χ3n) is 1.53. The highest BCUT2D eigenvalue weighted by Crippen LogP contribution is 2.33. The number of hydrogen-bond donors (Lipinski definition) is 2. The van der Waals surface area contributed by atoms with Crippen LogP contribution >= 0.6 is 0 Å². The maximum atomic E-state index is 12.2. The van der Waals surface area contributed by atoms with Crippen molar-refractivity contribution in [3.05, 3.63) is 23.2 Å². The second kappa shape index (κ2) is 3.33. The lowest BCUT2D eigenvalue weighted by atomic mass is 10.2. The fourth-order valence-corrected chi connectivity index (χ4v) is 0.942. The highest BCUT2D eigenvalue weighted by molar-refractivity contribution is 5.90. The molecule has 4 N–H and O–H groups in total. The van der Waals surface area contributed by atoms with Crippen LogP contribution in [0.1, 0.15) is 21.9 Å². The van der Waals surface area contributed by atoms with Crippen LogP contribution in [0, 0.1) is 0 Å². The molecule has 0 spiro atoms. The van der Waals surface area contributed by atoms with E-state index < -0.39 is 23.6 Å². The van der Waals surface area contributed by atoms with E-state index in [1.807, 2.05) is 0 Å². The smallest absolute Gasteiger partial charge is 0.446 e. The van der Waals surface area contributed by atoms with Gasteiger partial charge in [-0.25, -0.2) is 0 Å². The predicted octanol–water partition coefficient (Wildman–Crippen LogP) is 0.856. The summed E-state index contributed by atoms with van der Waals surface area (Å²) in [6, 6.07) is 0.894. The van der Waals surface area contributed by atoms with Gasteiger partial charge in [-0.2, -0.15) is 13.2 Å². The monoisotopic (exact) mass is 208 g/mol. The zero-order valence-electron chi connectivity index (χ0n) is 6.89. The van der Waals surface area contributed by atoms with E-state index in [1.54, 1.807) is 0 Å². The van der Waals surface area contributed by atoms with E-state index in [0.29, 0.717) is 0 Å². The second-order valence-corrected chi connectivity index (χ2v) is 2.53. The zero-order chi connectivity index (χ0) is 10.9. The highest BCUT2D eigenvalue weighted by Gasteiger charge is 2.38. The fourth-order valence-electron chi connectivity index (χ4n) is 0.942. The Hall–Kier alpha value is -1.50. The molecule has 1 rings (SSSR count). The van der Waals surface area contributed by atoms with E-state index >= 15 is 0 Å². The van der Waals surface area contributed by atoms with Crippen LogP contribution in [0.2, 0.25) is 0 Å². The van der Waals surface area contributed by atoms with Gasteiger partial charge in [-0.05, 0) is 6.07 Å². The molecular weight excluding hydrogens is 201 g/mol. The molecule has 0 radical (unpaired) electrons. The molecule has 0 unspecified atom stereocenters. The van der Waals surface area contributed by atoms with Gasteiger partial charge in [0, 0.05) is 12.1 Å². The molecule has 78 valence electrons. The van der Waals surface area contributed by atoms with E-state index in [0.717, 1.165) is 6.07 Å². The van der Waals surface area contributed by atoms with E-state index in [4.69, 9.17) is 11.5 Å². The molecule has 0 fully saturated rings. The number of nitrogens with two attached hydrogens (primary N) is 2. The van der Waals surface area contributed by atoms with Crippen LogP contribution in [0.15, 0.2) is 10.5 Å². The van der Waals surface area contributed by atoms with Crippen molar-refractivity contribution in [1.82, 2.24) is 0 Å². The van der Waals surface area contributed by atoms with Crippen molar-refractivity contribution in [1.29, 1.82) is 0 Å². The molecule has 0 saturated carbocycles. The molecule has 0 saturated heterocycles. The maximum absolute atomic E-state index is 12.2. The molecule has 7 heteroatoms. The van der Waals surface area contributed by atoms with Gasteiger partial charge in [0.1, 0.15) is 0 Å². The average molecular weight is 208 g/mol. The van der Waals surface area contributed by atoms with E-state index in [9.17, 15) is 18.0 Å². The van der Waals surface area contributed by atoms with Crippen LogP contribution in [0.5, 0.6) is 0 Å². The number of primary amides is 1. The van der Waals surface area contributed by atoms with Crippen LogP contribution < -0.4 is 11.5 Å². The summed E-state index contributed by atoms with van der Waals surface area (Å²) < 4.78 is 40.9. The number of furan rings is 1. The lowest BCUT2D eigenvalue weighted by molar-refractivity contribution is -0.153. The number of alkyl halides is 3. The summed E-state index contributed by atoms with van der Waals surface area (Å²) in [5.74, 6) is -2.87. The van der Waals surface area contributed by atoms with Crippen molar-refractivity contribution in [2.24, 2.45) is 11.5 Å². The minimum atomic E-state index is -4.66. The molecule has 14 heavy (non-hydrogen) atoms. The maximum Gasteiger partial charge on any atom is 0.449 e. The van der Waals surface area contributed by atoms with Gasteiger partial charge in [0.05, 0.1) is 0 Å². The SMILES string of the molecule is NCc1cc(C(N)=O)oc1C(F)(F)F. The first-order chi connectivity index (χ1) is 6.36. The molecule has 1 amide bonds. The fraction of sp³-hybridized carbons (Fsp3) is 0.286. The summed E-state index contributed by atoms with van der Waals surface area (Å²) in [7, 11) is 0. The molecule has 0 aliphatic heterocycles. The third kappa shape index (κ3) is 1.87.